The molecule has 1 aromatic carbocycles. The molecule has 0 saturated heterocycles. The summed E-state index contributed by atoms with van der Waals surface area (Å²) in [5.41, 5.74) is 2.51. The number of fused-ring (bicyclic) bond motifs is 1. The number of carbonyl (C=O) groups is 2. The SMILES string of the molecule is CCCCCC(C)NC(=O)NCC(=O)N1CCc2ccccc2C1. The molecule has 0 spiro atoms. The predicted octanol–water partition coefficient (Wildman–Crippen LogP) is 2.84. The van der Waals surface area contributed by atoms with Crippen LogP contribution in [0.15, 0.2) is 24.3 Å². The average molecular weight is 331 g/mol. The van der Waals surface area contributed by atoms with Crippen molar-refractivity contribution < 1.29 is 9.59 Å². The van der Waals surface area contributed by atoms with Crippen LogP contribution in [0.4, 0.5) is 4.79 Å². The largest absolute Gasteiger partial charge is 0.336 e. The summed E-state index contributed by atoms with van der Waals surface area (Å²) in [5, 5.41) is 5.58. The Hall–Kier alpha value is -2.04. The predicted molar refractivity (Wildman–Crippen MR) is 95.7 cm³/mol. The second-order valence-corrected chi connectivity index (χ2v) is 6.56. The molecule has 0 radical (unpaired) electrons. The minimum absolute atomic E-state index is 0.0294. The molecule has 1 aliphatic heterocycles. The highest BCUT2D eigenvalue weighted by molar-refractivity contribution is 5.84. The molecule has 5 nitrogen and oxygen atoms in total. The lowest BCUT2D eigenvalue weighted by atomic mass is 10.00. The minimum Gasteiger partial charge on any atom is -0.336 e. The van der Waals surface area contributed by atoms with Crippen LogP contribution in [0.3, 0.4) is 0 Å². The zero-order valence-corrected chi connectivity index (χ0v) is 14.8. The van der Waals surface area contributed by atoms with E-state index in [9.17, 15) is 9.59 Å². The molecule has 0 fully saturated rings. The third-order valence-electron chi connectivity index (χ3n) is 4.50. The van der Waals surface area contributed by atoms with Crippen molar-refractivity contribution in [3.05, 3.63) is 35.4 Å². The third-order valence-corrected chi connectivity index (χ3v) is 4.50. The van der Waals surface area contributed by atoms with Gasteiger partial charge in [-0.15, -0.1) is 0 Å². The van der Waals surface area contributed by atoms with Gasteiger partial charge in [-0.25, -0.2) is 4.79 Å². The van der Waals surface area contributed by atoms with Crippen LogP contribution in [0.5, 0.6) is 0 Å². The van der Waals surface area contributed by atoms with E-state index in [1.54, 1.807) is 0 Å². The molecule has 0 aromatic heterocycles. The van der Waals surface area contributed by atoms with Crippen molar-refractivity contribution in [1.82, 2.24) is 15.5 Å². The summed E-state index contributed by atoms with van der Waals surface area (Å²) >= 11 is 0. The van der Waals surface area contributed by atoms with E-state index in [1.165, 1.54) is 24.0 Å². The van der Waals surface area contributed by atoms with Crippen LogP contribution < -0.4 is 10.6 Å². The lowest BCUT2D eigenvalue weighted by Gasteiger charge is -2.29. The summed E-state index contributed by atoms with van der Waals surface area (Å²) in [5.74, 6) is -0.0294. The van der Waals surface area contributed by atoms with Gasteiger partial charge in [-0.3, -0.25) is 4.79 Å². The molecular formula is C19H29N3O2. The van der Waals surface area contributed by atoms with E-state index in [4.69, 9.17) is 0 Å². The molecule has 1 heterocycles. The van der Waals surface area contributed by atoms with Gasteiger partial charge in [0, 0.05) is 19.1 Å². The van der Waals surface area contributed by atoms with Crippen LogP contribution in [0, 0.1) is 0 Å². The number of hydrogen-bond acceptors (Lipinski definition) is 2. The Kier molecular flexibility index (Phi) is 7.09. The normalized spacial score (nSPS) is 14.7. The number of urea groups is 1. The lowest BCUT2D eigenvalue weighted by molar-refractivity contribution is -0.131. The zero-order valence-electron chi connectivity index (χ0n) is 14.8. The van der Waals surface area contributed by atoms with Crippen molar-refractivity contribution in [2.24, 2.45) is 0 Å². The molecule has 24 heavy (non-hydrogen) atoms. The molecule has 0 aliphatic carbocycles. The number of unbranched alkanes of at least 4 members (excludes halogenated alkanes) is 2. The van der Waals surface area contributed by atoms with Crippen LogP contribution in [0.2, 0.25) is 0 Å². The molecule has 1 aromatic rings. The standard InChI is InChI=1S/C19H29N3O2/c1-3-4-5-8-15(2)21-19(24)20-13-18(23)22-12-11-16-9-6-7-10-17(16)14-22/h6-7,9-10,15H,3-5,8,11-14H2,1-2H3,(H2,20,21,24). The fourth-order valence-corrected chi connectivity index (χ4v) is 3.02. The van der Waals surface area contributed by atoms with E-state index in [0.717, 1.165) is 19.3 Å². The molecule has 1 unspecified atom stereocenters. The number of rotatable bonds is 7. The van der Waals surface area contributed by atoms with E-state index in [-0.39, 0.29) is 24.5 Å². The van der Waals surface area contributed by atoms with Gasteiger partial charge in [0.1, 0.15) is 0 Å². The molecule has 5 heteroatoms. The zero-order chi connectivity index (χ0) is 17.4. The van der Waals surface area contributed by atoms with E-state index in [2.05, 4.69) is 29.7 Å². The monoisotopic (exact) mass is 331 g/mol. The topological polar surface area (TPSA) is 61.4 Å². The maximum atomic E-state index is 12.3. The fraction of sp³-hybridized carbons (Fsp3) is 0.579. The third kappa shape index (κ3) is 5.55. The summed E-state index contributed by atoms with van der Waals surface area (Å²) in [6.07, 6.45) is 5.32. The number of hydrogen-bond donors (Lipinski definition) is 2. The molecule has 0 saturated carbocycles. The van der Waals surface area contributed by atoms with Gasteiger partial charge in [0.15, 0.2) is 0 Å². The van der Waals surface area contributed by atoms with Gasteiger partial charge in [-0.1, -0.05) is 50.5 Å². The summed E-state index contributed by atoms with van der Waals surface area (Å²) in [4.78, 5) is 26.0. The number of amides is 3. The van der Waals surface area contributed by atoms with Crippen molar-refractivity contribution in [1.29, 1.82) is 0 Å². The summed E-state index contributed by atoms with van der Waals surface area (Å²) in [6, 6.07) is 8.08. The first-order valence-electron chi connectivity index (χ1n) is 8.99. The van der Waals surface area contributed by atoms with Crippen LogP contribution >= 0.6 is 0 Å². The Morgan fingerprint density at radius 1 is 1.21 bits per heavy atom. The van der Waals surface area contributed by atoms with Crippen molar-refractivity contribution in [3.63, 3.8) is 0 Å². The van der Waals surface area contributed by atoms with E-state index >= 15 is 0 Å². The van der Waals surface area contributed by atoms with Crippen molar-refractivity contribution in [2.45, 2.75) is 58.5 Å². The van der Waals surface area contributed by atoms with Crippen LogP contribution in [0.25, 0.3) is 0 Å². The maximum Gasteiger partial charge on any atom is 0.315 e. The molecule has 2 rings (SSSR count). The summed E-state index contributed by atoms with van der Waals surface area (Å²) in [6.45, 7) is 5.56. The van der Waals surface area contributed by atoms with Crippen molar-refractivity contribution in [3.8, 4) is 0 Å². The Morgan fingerprint density at radius 3 is 2.71 bits per heavy atom. The van der Waals surface area contributed by atoms with Crippen LogP contribution in [0.1, 0.15) is 50.7 Å². The Labute approximate surface area is 144 Å². The first-order valence-corrected chi connectivity index (χ1v) is 8.99. The van der Waals surface area contributed by atoms with Gasteiger partial charge < -0.3 is 15.5 Å². The Balaban J connectivity index is 1.70. The maximum absolute atomic E-state index is 12.3. The first kappa shape index (κ1) is 18.3. The average Bonchev–Trinajstić information content (AvgIpc) is 2.59. The van der Waals surface area contributed by atoms with E-state index in [0.29, 0.717) is 13.1 Å². The van der Waals surface area contributed by atoms with Gasteiger partial charge >= 0.3 is 6.03 Å². The molecule has 0 bridgehead atoms. The van der Waals surface area contributed by atoms with Crippen molar-refractivity contribution in [2.75, 3.05) is 13.1 Å². The quantitative estimate of drug-likeness (QED) is 0.755. The van der Waals surface area contributed by atoms with Gasteiger partial charge in [-0.2, -0.15) is 0 Å². The Bertz CT molecular complexity index is 559. The highest BCUT2D eigenvalue weighted by Crippen LogP contribution is 2.18. The minimum atomic E-state index is -0.259. The summed E-state index contributed by atoms with van der Waals surface area (Å²) < 4.78 is 0. The Morgan fingerprint density at radius 2 is 1.96 bits per heavy atom. The highest BCUT2D eigenvalue weighted by atomic mass is 16.2. The molecular weight excluding hydrogens is 302 g/mol. The first-order chi connectivity index (χ1) is 11.6. The van der Waals surface area contributed by atoms with Gasteiger partial charge in [0.2, 0.25) is 5.91 Å². The van der Waals surface area contributed by atoms with Crippen molar-refractivity contribution >= 4 is 11.9 Å². The van der Waals surface area contributed by atoms with Gasteiger partial charge in [-0.05, 0) is 30.9 Å². The summed E-state index contributed by atoms with van der Waals surface area (Å²) in [7, 11) is 0. The van der Waals surface area contributed by atoms with E-state index < -0.39 is 0 Å². The fourth-order valence-electron chi connectivity index (χ4n) is 3.02. The highest BCUT2D eigenvalue weighted by Gasteiger charge is 2.20. The van der Waals surface area contributed by atoms with Crippen LogP contribution in [-0.2, 0) is 17.8 Å². The second-order valence-electron chi connectivity index (χ2n) is 6.56. The smallest absolute Gasteiger partial charge is 0.315 e. The molecule has 1 aliphatic rings. The molecule has 132 valence electrons. The lowest BCUT2D eigenvalue weighted by Crippen LogP contribution is -2.47. The van der Waals surface area contributed by atoms with Gasteiger partial charge in [0.25, 0.3) is 0 Å². The van der Waals surface area contributed by atoms with Crippen LogP contribution in [-0.4, -0.2) is 36.0 Å². The number of carbonyl (C=O) groups excluding carboxylic acids is 2. The molecule has 3 amide bonds. The van der Waals surface area contributed by atoms with E-state index in [1.807, 2.05) is 24.0 Å². The number of benzene rings is 1. The van der Waals surface area contributed by atoms with Gasteiger partial charge in [0.05, 0.1) is 6.54 Å². The number of nitrogens with one attached hydrogen (secondary N) is 2. The number of nitrogens with zero attached hydrogens (tertiary/aromatic N) is 1. The molecule has 2 N–H and O–H groups in total. The molecule has 1 atom stereocenters. The second kappa shape index (κ2) is 9.30.